The summed E-state index contributed by atoms with van der Waals surface area (Å²) in [5, 5.41) is 0. The first-order chi connectivity index (χ1) is 6.22. The van der Waals surface area contributed by atoms with Crippen LogP contribution in [0.4, 0.5) is 0 Å². The number of hydrogen-bond acceptors (Lipinski definition) is 2. The summed E-state index contributed by atoms with van der Waals surface area (Å²) >= 11 is 0. The predicted octanol–water partition coefficient (Wildman–Crippen LogP) is 0.559. The number of likely N-dealkylation sites (tertiary alicyclic amines) is 2. The Labute approximate surface area is 79.7 Å². The molecule has 2 unspecified atom stereocenters. The van der Waals surface area contributed by atoms with E-state index in [1.54, 1.807) is 0 Å². The second-order valence-electron chi connectivity index (χ2n) is 4.25. The molecule has 74 valence electrons. The van der Waals surface area contributed by atoms with E-state index in [1.165, 1.54) is 13.0 Å². The first-order valence-electron chi connectivity index (χ1n) is 5.20. The minimum atomic E-state index is 0.322. The van der Waals surface area contributed by atoms with Crippen molar-refractivity contribution in [2.45, 2.75) is 25.8 Å². The summed E-state index contributed by atoms with van der Waals surface area (Å²) in [5.41, 5.74) is 0. The summed E-state index contributed by atoms with van der Waals surface area (Å²) in [4.78, 5) is 15.9. The number of carbonyl (C=O) groups is 1. The fraction of sp³-hybridized carbons (Fsp3) is 0.900. The van der Waals surface area contributed by atoms with Crippen molar-refractivity contribution in [1.82, 2.24) is 9.80 Å². The highest BCUT2D eigenvalue weighted by Gasteiger charge is 2.40. The molecule has 0 aromatic heterocycles. The van der Waals surface area contributed by atoms with Crippen molar-refractivity contribution in [3.63, 3.8) is 0 Å². The lowest BCUT2D eigenvalue weighted by molar-refractivity contribution is -0.130. The molecule has 1 amide bonds. The van der Waals surface area contributed by atoms with Crippen molar-refractivity contribution in [3.05, 3.63) is 0 Å². The van der Waals surface area contributed by atoms with E-state index in [9.17, 15) is 4.79 Å². The zero-order valence-corrected chi connectivity index (χ0v) is 8.49. The van der Waals surface area contributed by atoms with Crippen LogP contribution in [0.1, 0.15) is 19.8 Å². The fourth-order valence-electron chi connectivity index (χ4n) is 2.60. The molecule has 0 saturated carbocycles. The molecule has 3 heteroatoms. The Morgan fingerprint density at radius 1 is 1.46 bits per heavy atom. The lowest BCUT2D eigenvalue weighted by atomic mass is 10.1. The zero-order valence-electron chi connectivity index (χ0n) is 8.49. The van der Waals surface area contributed by atoms with Gasteiger partial charge in [0.15, 0.2) is 0 Å². The van der Waals surface area contributed by atoms with Crippen LogP contribution in [-0.4, -0.2) is 48.4 Å². The Morgan fingerprint density at radius 3 is 2.85 bits per heavy atom. The molecule has 2 fully saturated rings. The maximum absolute atomic E-state index is 11.5. The van der Waals surface area contributed by atoms with Crippen molar-refractivity contribution >= 4 is 5.91 Å². The topological polar surface area (TPSA) is 23.6 Å². The number of fused-ring (bicyclic) bond motifs is 1. The fourth-order valence-corrected chi connectivity index (χ4v) is 2.60. The van der Waals surface area contributed by atoms with Gasteiger partial charge in [-0.15, -0.1) is 0 Å². The van der Waals surface area contributed by atoms with Crippen LogP contribution in [0.15, 0.2) is 0 Å². The molecule has 0 spiro atoms. The van der Waals surface area contributed by atoms with E-state index in [4.69, 9.17) is 0 Å². The van der Waals surface area contributed by atoms with Crippen LogP contribution in [0, 0.1) is 5.92 Å². The van der Waals surface area contributed by atoms with Gasteiger partial charge in [-0.2, -0.15) is 0 Å². The normalized spacial score (nSPS) is 33.8. The van der Waals surface area contributed by atoms with Crippen LogP contribution in [0.3, 0.4) is 0 Å². The lowest BCUT2D eigenvalue weighted by Crippen LogP contribution is -2.34. The zero-order chi connectivity index (χ0) is 9.42. The first-order valence-corrected chi connectivity index (χ1v) is 5.20. The van der Waals surface area contributed by atoms with Gasteiger partial charge < -0.3 is 9.80 Å². The number of nitrogens with zero attached hydrogens (tertiary/aromatic N) is 2. The SMILES string of the molecule is CCC(=O)N1CC2CCN(C)C2C1. The summed E-state index contributed by atoms with van der Waals surface area (Å²) < 4.78 is 0. The molecule has 0 N–H and O–H groups in total. The molecular formula is C10H18N2O. The summed E-state index contributed by atoms with van der Waals surface area (Å²) in [6.07, 6.45) is 1.93. The summed E-state index contributed by atoms with van der Waals surface area (Å²) in [6.45, 7) is 5.12. The number of amides is 1. The van der Waals surface area contributed by atoms with Gasteiger partial charge in [-0.3, -0.25) is 4.79 Å². The van der Waals surface area contributed by atoms with Crippen LogP contribution in [0.2, 0.25) is 0 Å². The molecule has 0 bridgehead atoms. The average molecular weight is 182 g/mol. The van der Waals surface area contributed by atoms with Crippen LogP contribution in [-0.2, 0) is 4.79 Å². The number of carbonyl (C=O) groups excluding carboxylic acids is 1. The molecule has 2 atom stereocenters. The lowest BCUT2D eigenvalue weighted by Gasteiger charge is -2.20. The van der Waals surface area contributed by atoms with E-state index >= 15 is 0 Å². The standard InChI is InChI=1S/C10H18N2O/c1-3-10(13)12-6-8-4-5-11(2)9(8)7-12/h8-9H,3-7H2,1-2H3. The van der Waals surface area contributed by atoms with Gasteiger partial charge in [-0.25, -0.2) is 0 Å². The van der Waals surface area contributed by atoms with E-state index < -0.39 is 0 Å². The van der Waals surface area contributed by atoms with Crippen molar-refractivity contribution in [2.24, 2.45) is 5.92 Å². The van der Waals surface area contributed by atoms with Crippen molar-refractivity contribution in [1.29, 1.82) is 0 Å². The van der Waals surface area contributed by atoms with Crippen molar-refractivity contribution < 1.29 is 4.79 Å². The number of rotatable bonds is 1. The molecule has 2 saturated heterocycles. The van der Waals surface area contributed by atoms with E-state index in [2.05, 4.69) is 11.9 Å². The van der Waals surface area contributed by atoms with Crippen LogP contribution in [0.5, 0.6) is 0 Å². The maximum atomic E-state index is 11.5. The van der Waals surface area contributed by atoms with Gasteiger partial charge in [-0.05, 0) is 25.9 Å². The van der Waals surface area contributed by atoms with Gasteiger partial charge in [0.25, 0.3) is 0 Å². The van der Waals surface area contributed by atoms with Crippen LogP contribution < -0.4 is 0 Å². The average Bonchev–Trinajstić information content (AvgIpc) is 2.67. The number of hydrogen-bond donors (Lipinski definition) is 0. The molecule has 2 aliphatic heterocycles. The molecule has 3 nitrogen and oxygen atoms in total. The Balaban J connectivity index is 1.98. The molecular weight excluding hydrogens is 164 g/mol. The quantitative estimate of drug-likeness (QED) is 0.591. The van der Waals surface area contributed by atoms with Crippen molar-refractivity contribution in [2.75, 3.05) is 26.7 Å². The molecule has 0 aromatic carbocycles. The second kappa shape index (κ2) is 3.29. The van der Waals surface area contributed by atoms with Gasteiger partial charge in [0.1, 0.15) is 0 Å². The molecule has 2 aliphatic rings. The van der Waals surface area contributed by atoms with Crippen molar-refractivity contribution in [3.8, 4) is 0 Å². The number of likely N-dealkylation sites (N-methyl/N-ethyl adjacent to an activating group) is 1. The van der Waals surface area contributed by atoms with Crippen LogP contribution >= 0.6 is 0 Å². The third-order valence-electron chi connectivity index (χ3n) is 3.48. The molecule has 2 heterocycles. The maximum Gasteiger partial charge on any atom is 0.222 e. The van der Waals surface area contributed by atoms with E-state index in [0.717, 1.165) is 19.0 Å². The van der Waals surface area contributed by atoms with E-state index in [1.807, 2.05) is 11.8 Å². The predicted molar refractivity (Wildman–Crippen MR) is 51.4 cm³/mol. The molecule has 0 radical (unpaired) electrons. The summed E-state index contributed by atoms with van der Waals surface area (Å²) in [7, 11) is 2.17. The monoisotopic (exact) mass is 182 g/mol. The molecule has 13 heavy (non-hydrogen) atoms. The molecule has 0 aromatic rings. The van der Waals surface area contributed by atoms with Gasteiger partial charge in [0.2, 0.25) is 5.91 Å². The smallest absolute Gasteiger partial charge is 0.222 e. The minimum Gasteiger partial charge on any atom is -0.341 e. The van der Waals surface area contributed by atoms with Gasteiger partial charge in [0.05, 0.1) is 0 Å². The summed E-state index contributed by atoms with van der Waals surface area (Å²) in [6, 6.07) is 0.649. The highest BCUT2D eigenvalue weighted by molar-refractivity contribution is 5.76. The third kappa shape index (κ3) is 1.46. The van der Waals surface area contributed by atoms with Gasteiger partial charge >= 0.3 is 0 Å². The minimum absolute atomic E-state index is 0.322. The van der Waals surface area contributed by atoms with E-state index in [-0.39, 0.29) is 0 Å². The Bertz CT molecular complexity index is 217. The van der Waals surface area contributed by atoms with Crippen LogP contribution in [0.25, 0.3) is 0 Å². The van der Waals surface area contributed by atoms with Gasteiger partial charge in [0, 0.05) is 25.6 Å². The molecule has 2 rings (SSSR count). The highest BCUT2D eigenvalue weighted by atomic mass is 16.2. The highest BCUT2D eigenvalue weighted by Crippen LogP contribution is 2.30. The largest absolute Gasteiger partial charge is 0.341 e. The third-order valence-corrected chi connectivity index (χ3v) is 3.48. The molecule has 0 aliphatic carbocycles. The van der Waals surface area contributed by atoms with Gasteiger partial charge in [-0.1, -0.05) is 6.92 Å². The summed E-state index contributed by atoms with van der Waals surface area (Å²) in [5.74, 6) is 1.07. The first kappa shape index (κ1) is 9.00. The Kier molecular flexibility index (Phi) is 2.28. The Hall–Kier alpha value is -0.570. The second-order valence-corrected chi connectivity index (χ2v) is 4.25. The van der Waals surface area contributed by atoms with E-state index in [0.29, 0.717) is 18.4 Å². The Morgan fingerprint density at radius 2 is 2.23 bits per heavy atom.